The lowest BCUT2D eigenvalue weighted by atomic mass is 9.60. The maximum atomic E-state index is 12.3. The van der Waals surface area contributed by atoms with Crippen molar-refractivity contribution in [2.24, 2.45) is 35.0 Å². The van der Waals surface area contributed by atoms with Gasteiger partial charge in [0.05, 0.1) is 12.2 Å². The topological polar surface area (TPSA) is 66.8 Å². The summed E-state index contributed by atoms with van der Waals surface area (Å²) in [6.07, 6.45) is 12.1. The van der Waals surface area contributed by atoms with Gasteiger partial charge < -0.3 is 14.9 Å². The third kappa shape index (κ3) is 5.25. The van der Waals surface area contributed by atoms with Crippen LogP contribution in [0, 0.1) is 35.0 Å². The lowest BCUT2D eigenvalue weighted by Crippen LogP contribution is -2.37. The van der Waals surface area contributed by atoms with Crippen LogP contribution in [0.4, 0.5) is 0 Å². The summed E-state index contributed by atoms with van der Waals surface area (Å²) < 4.78 is 5.83. The number of hydrogen-bond acceptors (Lipinski definition) is 4. The number of hydrogen-bond donors (Lipinski definition) is 2. The van der Waals surface area contributed by atoms with Crippen molar-refractivity contribution in [3.05, 3.63) is 47.6 Å². The van der Waals surface area contributed by atoms with Gasteiger partial charge in [0, 0.05) is 17.9 Å². The van der Waals surface area contributed by atoms with Crippen LogP contribution >= 0.6 is 0 Å². The Morgan fingerprint density at radius 1 is 1.11 bits per heavy atom. The van der Waals surface area contributed by atoms with E-state index in [1.807, 2.05) is 0 Å². The number of esters is 1. The van der Waals surface area contributed by atoms with E-state index in [1.165, 1.54) is 31.3 Å². The van der Waals surface area contributed by atoms with Crippen molar-refractivity contribution in [1.29, 1.82) is 0 Å². The van der Waals surface area contributed by atoms with Crippen LogP contribution in [-0.4, -0.2) is 34.5 Å². The standard InChI is InChI=1S/C31H46O4/c1-18(2)14-25-21(5)30(34)35-29(25)15-19(3)26-11-12-27-22(8-7-13-31(26,27)6)9-10-23-16-24(32)17-28(33)20(23)4/h9-10,18-19,24-29,32-33H,4-5,7-8,11-17H2,1-3,6H3/b22-9+,23-10-/t19-,24-,25+,26-,27+,28+,29-,31-/m1/s1. The zero-order valence-electron chi connectivity index (χ0n) is 22.3. The molecule has 0 bridgehead atoms. The molecule has 0 radical (unpaired) electrons. The fourth-order valence-electron chi connectivity index (χ4n) is 7.90. The molecule has 4 rings (SSSR count). The number of ether oxygens (including phenoxy) is 1. The molecule has 0 aromatic rings. The normalized spacial score (nSPS) is 41.1. The molecule has 3 saturated carbocycles. The highest BCUT2D eigenvalue weighted by Gasteiger charge is 2.51. The number of aliphatic hydroxyl groups is 2. The Balaban J connectivity index is 1.48. The fourth-order valence-corrected chi connectivity index (χ4v) is 7.90. The number of rotatable bonds is 6. The van der Waals surface area contributed by atoms with Gasteiger partial charge in [0.1, 0.15) is 6.10 Å². The molecule has 4 fully saturated rings. The molecule has 0 amide bonds. The first-order valence-electron chi connectivity index (χ1n) is 13.9. The summed E-state index contributed by atoms with van der Waals surface area (Å²) in [4.78, 5) is 12.3. The molecule has 1 aliphatic heterocycles. The molecule has 8 atom stereocenters. The van der Waals surface area contributed by atoms with Crippen LogP contribution in [-0.2, 0) is 9.53 Å². The van der Waals surface area contributed by atoms with Gasteiger partial charge in [-0.3, -0.25) is 0 Å². The average Bonchev–Trinajstić information content (AvgIpc) is 3.26. The van der Waals surface area contributed by atoms with Crippen LogP contribution in [0.3, 0.4) is 0 Å². The molecule has 0 spiro atoms. The molecule has 1 saturated heterocycles. The van der Waals surface area contributed by atoms with E-state index in [9.17, 15) is 15.0 Å². The summed E-state index contributed by atoms with van der Waals surface area (Å²) >= 11 is 0. The Kier molecular flexibility index (Phi) is 7.83. The number of allylic oxidation sites excluding steroid dienone is 3. The van der Waals surface area contributed by atoms with Crippen LogP contribution in [0.25, 0.3) is 0 Å². The number of carbonyl (C=O) groups excluding carboxylic acids is 1. The predicted octanol–water partition coefficient (Wildman–Crippen LogP) is 6.30. The molecule has 194 valence electrons. The van der Waals surface area contributed by atoms with Gasteiger partial charge in [0.15, 0.2) is 0 Å². The summed E-state index contributed by atoms with van der Waals surface area (Å²) in [6, 6.07) is 0. The molecule has 0 aromatic carbocycles. The fraction of sp³-hybridized carbons (Fsp3) is 0.710. The summed E-state index contributed by atoms with van der Waals surface area (Å²) in [5.41, 5.74) is 4.19. The van der Waals surface area contributed by atoms with Crippen molar-refractivity contribution >= 4 is 5.97 Å². The first kappa shape index (κ1) is 26.4. The van der Waals surface area contributed by atoms with Crippen molar-refractivity contribution in [3.63, 3.8) is 0 Å². The van der Waals surface area contributed by atoms with E-state index in [0.29, 0.717) is 42.1 Å². The molecule has 4 nitrogen and oxygen atoms in total. The van der Waals surface area contributed by atoms with Crippen LogP contribution in [0.2, 0.25) is 0 Å². The second kappa shape index (κ2) is 10.4. The summed E-state index contributed by atoms with van der Waals surface area (Å²) in [5, 5.41) is 20.3. The molecule has 4 heteroatoms. The van der Waals surface area contributed by atoms with Crippen LogP contribution < -0.4 is 0 Å². The average molecular weight is 483 g/mol. The van der Waals surface area contributed by atoms with Crippen molar-refractivity contribution in [1.82, 2.24) is 0 Å². The van der Waals surface area contributed by atoms with Crippen molar-refractivity contribution < 1.29 is 19.7 Å². The van der Waals surface area contributed by atoms with Gasteiger partial charge in [-0.2, -0.15) is 0 Å². The minimum atomic E-state index is -0.642. The van der Waals surface area contributed by atoms with E-state index < -0.39 is 12.2 Å². The lowest BCUT2D eigenvalue weighted by Gasteiger charge is -2.45. The molecule has 1 heterocycles. The highest BCUT2D eigenvalue weighted by molar-refractivity contribution is 5.90. The Morgan fingerprint density at radius 2 is 1.86 bits per heavy atom. The Morgan fingerprint density at radius 3 is 2.57 bits per heavy atom. The van der Waals surface area contributed by atoms with Gasteiger partial charge in [-0.15, -0.1) is 0 Å². The Bertz CT molecular complexity index is 911. The minimum Gasteiger partial charge on any atom is -0.458 e. The third-order valence-electron chi connectivity index (χ3n) is 9.74. The van der Waals surface area contributed by atoms with Crippen molar-refractivity contribution in [3.8, 4) is 0 Å². The molecule has 4 aliphatic rings. The van der Waals surface area contributed by atoms with Gasteiger partial charge in [0.25, 0.3) is 0 Å². The first-order valence-corrected chi connectivity index (χ1v) is 13.9. The van der Waals surface area contributed by atoms with E-state index in [2.05, 4.69) is 53.0 Å². The molecular weight excluding hydrogens is 436 g/mol. The minimum absolute atomic E-state index is 0.0337. The van der Waals surface area contributed by atoms with E-state index >= 15 is 0 Å². The second-order valence-electron chi connectivity index (χ2n) is 12.6. The molecule has 0 aromatic heterocycles. The first-order chi connectivity index (χ1) is 16.5. The van der Waals surface area contributed by atoms with Gasteiger partial charge in [-0.1, -0.05) is 58.6 Å². The van der Waals surface area contributed by atoms with Gasteiger partial charge >= 0.3 is 5.97 Å². The maximum absolute atomic E-state index is 12.3. The summed E-state index contributed by atoms with van der Waals surface area (Å²) in [5.74, 6) is 2.14. The van der Waals surface area contributed by atoms with Gasteiger partial charge in [-0.05, 0) is 91.6 Å². The van der Waals surface area contributed by atoms with Crippen LogP contribution in [0.15, 0.2) is 47.6 Å². The van der Waals surface area contributed by atoms with Crippen molar-refractivity contribution in [2.45, 2.75) is 104 Å². The highest BCUT2D eigenvalue weighted by atomic mass is 16.6. The molecule has 0 unspecified atom stereocenters. The number of carbonyl (C=O) groups is 1. The van der Waals surface area contributed by atoms with Gasteiger partial charge in [-0.25, -0.2) is 4.79 Å². The number of fused-ring (bicyclic) bond motifs is 1. The van der Waals surface area contributed by atoms with Crippen LogP contribution in [0.1, 0.15) is 85.5 Å². The molecular formula is C31H46O4. The zero-order chi connectivity index (χ0) is 25.5. The van der Waals surface area contributed by atoms with E-state index in [-0.39, 0.29) is 23.4 Å². The number of cyclic esters (lactones) is 1. The second-order valence-corrected chi connectivity index (χ2v) is 12.6. The lowest BCUT2D eigenvalue weighted by molar-refractivity contribution is -0.140. The predicted molar refractivity (Wildman–Crippen MR) is 140 cm³/mol. The molecule has 3 aliphatic carbocycles. The zero-order valence-corrected chi connectivity index (χ0v) is 22.3. The molecule has 2 N–H and O–H groups in total. The smallest absolute Gasteiger partial charge is 0.334 e. The quantitative estimate of drug-likeness (QED) is 0.344. The maximum Gasteiger partial charge on any atom is 0.334 e. The number of aliphatic hydroxyl groups excluding tert-OH is 2. The third-order valence-corrected chi connectivity index (χ3v) is 9.74. The summed E-state index contributed by atoms with van der Waals surface area (Å²) in [7, 11) is 0. The summed E-state index contributed by atoms with van der Waals surface area (Å²) in [6.45, 7) is 17.4. The van der Waals surface area contributed by atoms with E-state index in [1.54, 1.807) is 0 Å². The monoisotopic (exact) mass is 482 g/mol. The SMILES string of the molecule is C=C1/C(=C\C=C2/CCC[C@]3(C)[C@@H]([C@H](C)C[C@H]4OC(=O)C(=C)[C@@H]4CC(C)C)CC[C@@H]23)C[C@@H](O)C[C@@H]1O. The Labute approximate surface area is 212 Å². The Hall–Kier alpha value is -1.65. The van der Waals surface area contributed by atoms with Crippen LogP contribution in [0.5, 0.6) is 0 Å². The highest BCUT2D eigenvalue weighted by Crippen LogP contribution is 2.60. The van der Waals surface area contributed by atoms with E-state index in [0.717, 1.165) is 30.4 Å². The van der Waals surface area contributed by atoms with E-state index in [4.69, 9.17) is 4.74 Å². The molecule has 35 heavy (non-hydrogen) atoms. The van der Waals surface area contributed by atoms with Gasteiger partial charge in [0.2, 0.25) is 0 Å². The largest absolute Gasteiger partial charge is 0.458 e. The van der Waals surface area contributed by atoms with Crippen molar-refractivity contribution in [2.75, 3.05) is 0 Å².